The van der Waals surface area contributed by atoms with Gasteiger partial charge in [0.25, 0.3) is 0 Å². The number of hydrogen-bond acceptors (Lipinski definition) is 4. The van der Waals surface area contributed by atoms with Gasteiger partial charge in [-0.3, -0.25) is 4.68 Å². The molecule has 0 radical (unpaired) electrons. The number of aromatic nitrogens is 2. The van der Waals surface area contributed by atoms with Crippen LogP contribution in [0.2, 0.25) is 0 Å². The second-order valence-corrected chi connectivity index (χ2v) is 4.23. The normalized spacial score (nSPS) is 13.1. The lowest BCUT2D eigenvalue weighted by Gasteiger charge is -2.17. The molecule has 17 heavy (non-hydrogen) atoms. The van der Waals surface area contributed by atoms with Crippen molar-refractivity contribution in [1.29, 1.82) is 0 Å². The molecule has 0 saturated carbocycles. The van der Waals surface area contributed by atoms with Crippen molar-refractivity contribution < 1.29 is 9.47 Å². The SMILES string of the molecule is CCOCCC(N)c1c(OC)cnn1C(C)C. The fourth-order valence-electron chi connectivity index (χ4n) is 1.77. The number of hydrogen-bond donors (Lipinski definition) is 1. The predicted octanol–water partition coefficient (Wildman–Crippen LogP) is 1.90. The first-order valence-corrected chi connectivity index (χ1v) is 6.06. The number of rotatable bonds is 7. The van der Waals surface area contributed by atoms with E-state index in [9.17, 15) is 0 Å². The first-order valence-electron chi connectivity index (χ1n) is 6.06. The maximum absolute atomic E-state index is 6.17. The van der Waals surface area contributed by atoms with Crippen LogP contribution >= 0.6 is 0 Å². The van der Waals surface area contributed by atoms with Crippen molar-refractivity contribution in [3.63, 3.8) is 0 Å². The lowest BCUT2D eigenvalue weighted by atomic mass is 10.1. The van der Waals surface area contributed by atoms with Crippen LogP contribution in [0, 0.1) is 0 Å². The Morgan fingerprint density at radius 1 is 1.47 bits per heavy atom. The predicted molar refractivity (Wildman–Crippen MR) is 67.2 cm³/mol. The molecule has 0 amide bonds. The minimum absolute atomic E-state index is 0.110. The summed E-state index contributed by atoms with van der Waals surface area (Å²) >= 11 is 0. The van der Waals surface area contributed by atoms with Crippen LogP contribution in [0.5, 0.6) is 5.75 Å². The highest BCUT2D eigenvalue weighted by atomic mass is 16.5. The van der Waals surface area contributed by atoms with Crippen LogP contribution in [0.25, 0.3) is 0 Å². The summed E-state index contributed by atoms with van der Waals surface area (Å²) in [7, 11) is 1.64. The molecule has 1 aromatic rings. The summed E-state index contributed by atoms with van der Waals surface area (Å²) < 4.78 is 12.5. The number of ether oxygens (including phenoxy) is 2. The van der Waals surface area contributed by atoms with Gasteiger partial charge in [-0.2, -0.15) is 5.10 Å². The van der Waals surface area contributed by atoms with Gasteiger partial charge in [-0.15, -0.1) is 0 Å². The van der Waals surface area contributed by atoms with Crippen LogP contribution in [0.3, 0.4) is 0 Å². The van der Waals surface area contributed by atoms with Gasteiger partial charge in [0, 0.05) is 19.3 Å². The summed E-state index contributed by atoms with van der Waals surface area (Å²) in [5, 5.41) is 4.31. The molecule has 1 rings (SSSR count). The minimum Gasteiger partial charge on any atom is -0.493 e. The van der Waals surface area contributed by atoms with Crippen LogP contribution in [-0.4, -0.2) is 30.1 Å². The molecule has 5 nitrogen and oxygen atoms in total. The largest absolute Gasteiger partial charge is 0.493 e. The van der Waals surface area contributed by atoms with Gasteiger partial charge in [0.05, 0.1) is 25.0 Å². The average molecular weight is 241 g/mol. The van der Waals surface area contributed by atoms with E-state index in [-0.39, 0.29) is 12.1 Å². The third-order valence-electron chi connectivity index (χ3n) is 2.64. The first kappa shape index (κ1) is 14.0. The van der Waals surface area contributed by atoms with Gasteiger partial charge in [0.15, 0.2) is 5.75 Å². The van der Waals surface area contributed by atoms with E-state index in [2.05, 4.69) is 18.9 Å². The topological polar surface area (TPSA) is 62.3 Å². The number of methoxy groups -OCH3 is 1. The van der Waals surface area contributed by atoms with E-state index in [4.69, 9.17) is 15.2 Å². The van der Waals surface area contributed by atoms with Crippen molar-refractivity contribution >= 4 is 0 Å². The van der Waals surface area contributed by atoms with E-state index in [1.807, 2.05) is 11.6 Å². The van der Waals surface area contributed by atoms with Gasteiger partial charge < -0.3 is 15.2 Å². The van der Waals surface area contributed by atoms with E-state index in [0.717, 1.165) is 17.9 Å². The zero-order chi connectivity index (χ0) is 12.8. The number of nitrogens with zero attached hydrogens (tertiary/aromatic N) is 2. The Balaban J connectivity index is 2.81. The molecule has 0 saturated heterocycles. The highest BCUT2D eigenvalue weighted by Gasteiger charge is 2.19. The van der Waals surface area contributed by atoms with E-state index in [0.29, 0.717) is 13.2 Å². The second kappa shape index (κ2) is 6.61. The Hall–Kier alpha value is -1.07. The fraction of sp³-hybridized carbons (Fsp3) is 0.750. The van der Waals surface area contributed by atoms with Gasteiger partial charge in [0.1, 0.15) is 0 Å². The van der Waals surface area contributed by atoms with Gasteiger partial charge >= 0.3 is 0 Å². The molecule has 1 heterocycles. The lowest BCUT2D eigenvalue weighted by molar-refractivity contribution is 0.139. The zero-order valence-corrected chi connectivity index (χ0v) is 11.1. The molecule has 0 aliphatic rings. The molecule has 0 spiro atoms. The Labute approximate surface area is 103 Å². The molecule has 0 bridgehead atoms. The molecule has 1 aromatic heterocycles. The summed E-state index contributed by atoms with van der Waals surface area (Å²) in [4.78, 5) is 0. The highest BCUT2D eigenvalue weighted by molar-refractivity contribution is 5.28. The second-order valence-electron chi connectivity index (χ2n) is 4.23. The highest BCUT2D eigenvalue weighted by Crippen LogP contribution is 2.27. The van der Waals surface area contributed by atoms with Crippen LogP contribution in [0.4, 0.5) is 0 Å². The van der Waals surface area contributed by atoms with Crippen LogP contribution in [0.15, 0.2) is 6.20 Å². The van der Waals surface area contributed by atoms with Gasteiger partial charge in [-0.25, -0.2) is 0 Å². The third-order valence-corrected chi connectivity index (χ3v) is 2.64. The summed E-state index contributed by atoms with van der Waals surface area (Å²) in [5.74, 6) is 0.752. The Kier molecular flexibility index (Phi) is 5.44. The molecule has 1 atom stereocenters. The molecule has 0 aliphatic carbocycles. The maximum atomic E-state index is 6.17. The fourth-order valence-corrected chi connectivity index (χ4v) is 1.77. The quantitative estimate of drug-likeness (QED) is 0.741. The lowest BCUT2D eigenvalue weighted by Crippen LogP contribution is -2.20. The van der Waals surface area contributed by atoms with E-state index in [1.165, 1.54) is 0 Å². The first-order chi connectivity index (χ1) is 8.11. The Morgan fingerprint density at radius 3 is 2.71 bits per heavy atom. The summed E-state index contributed by atoms with van der Waals surface area (Å²) in [6.07, 6.45) is 2.48. The molecule has 98 valence electrons. The minimum atomic E-state index is -0.110. The smallest absolute Gasteiger partial charge is 0.161 e. The van der Waals surface area contributed by atoms with Crippen LogP contribution in [0.1, 0.15) is 45.0 Å². The van der Waals surface area contributed by atoms with Crippen molar-refractivity contribution in [2.24, 2.45) is 5.73 Å². The number of nitrogens with two attached hydrogens (primary N) is 1. The maximum Gasteiger partial charge on any atom is 0.161 e. The molecule has 0 aromatic carbocycles. The van der Waals surface area contributed by atoms with Crippen LogP contribution in [-0.2, 0) is 4.74 Å². The monoisotopic (exact) mass is 241 g/mol. The van der Waals surface area contributed by atoms with Crippen LogP contribution < -0.4 is 10.5 Å². The molecular formula is C12H23N3O2. The molecule has 1 unspecified atom stereocenters. The molecule has 0 aliphatic heterocycles. The Bertz CT molecular complexity index is 336. The average Bonchev–Trinajstić information content (AvgIpc) is 2.72. The van der Waals surface area contributed by atoms with E-state index in [1.54, 1.807) is 13.3 Å². The van der Waals surface area contributed by atoms with Crippen molar-refractivity contribution in [3.05, 3.63) is 11.9 Å². The van der Waals surface area contributed by atoms with Gasteiger partial charge in [-0.05, 0) is 27.2 Å². The third kappa shape index (κ3) is 3.44. The summed E-state index contributed by atoms with van der Waals surface area (Å²) in [5.41, 5.74) is 7.12. The van der Waals surface area contributed by atoms with Crippen molar-refractivity contribution in [2.45, 2.75) is 39.3 Å². The molecule has 2 N–H and O–H groups in total. The summed E-state index contributed by atoms with van der Waals surface area (Å²) in [6.45, 7) is 7.50. The molecule has 5 heteroatoms. The van der Waals surface area contributed by atoms with E-state index >= 15 is 0 Å². The van der Waals surface area contributed by atoms with E-state index < -0.39 is 0 Å². The van der Waals surface area contributed by atoms with Gasteiger partial charge in [0.2, 0.25) is 0 Å². The Morgan fingerprint density at radius 2 is 2.18 bits per heavy atom. The standard InChI is InChI=1S/C12H23N3O2/c1-5-17-7-6-10(13)12-11(16-4)8-14-15(12)9(2)3/h8-10H,5-7,13H2,1-4H3. The van der Waals surface area contributed by atoms with Crippen molar-refractivity contribution in [2.75, 3.05) is 20.3 Å². The van der Waals surface area contributed by atoms with Crippen molar-refractivity contribution in [1.82, 2.24) is 9.78 Å². The molecule has 0 fully saturated rings. The zero-order valence-electron chi connectivity index (χ0n) is 11.1. The summed E-state index contributed by atoms with van der Waals surface area (Å²) in [6, 6.07) is 0.161. The molecular weight excluding hydrogens is 218 g/mol. The van der Waals surface area contributed by atoms with Crippen molar-refractivity contribution in [3.8, 4) is 5.75 Å². The van der Waals surface area contributed by atoms with Gasteiger partial charge in [-0.1, -0.05) is 0 Å².